The molecule has 0 bridgehead atoms. The molecule has 5 heteroatoms. The summed E-state index contributed by atoms with van der Waals surface area (Å²) in [5.41, 5.74) is 0. The van der Waals surface area contributed by atoms with Crippen molar-refractivity contribution < 1.29 is 14.3 Å². The quantitative estimate of drug-likeness (QED) is 0.683. The van der Waals surface area contributed by atoms with Crippen LogP contribution in [0.1, 0.15) is 23.0 Å². The molecule has 0 saturated heterocycles. The van der Waals surface area contributed by atoms with Crippen LogP contribution in [0.25, 0.3) is 0 Å². The van der Waals surface area contributed by atoms with Gasteiger partial charge in [0.15, 0.2) is 18.1 Å². The molecule has 2 rings (SSSR count). The van der Waals surface area contributed by atoms with Crippen LogP contribution in [-0.4, -0.2) is 19.0 Å². The number of carbonyl (C=O) groups is 1. The number of rotatable bonds is 7. The van der Waals surface area contributed by atoms with Crippen molar-refractivity contribution >= 4 is 33.0 Å². The van der Waals surface area contributed by atoms with E-state index in [-0.39, 0.29) is 12.4 Å². The number of hydrogen-bond donors (Lipinski definition) is 0. The predicted molar refractivity (Wildman–Crippen MR) is 84.1 cm³/mol. The molecule has 0 spiro atoms. The summed E-state index contributed by atoms with van der Waals surface area (Å²) < 4.78 is 12.1. The number of para-hydroxylation sites is 2. The van der Waals surface area contributed by atoms with Crippen LogP contribution in [0.3, 0.4) is 0 Å². The minimum Gasteiger partial charge on any atom is -0.490 e. The fourth-order valence-electron chi connectivity index (χ4n) is 1.58. The maximum atomic E-state index is 12.0. The van der Waals surface area contributed by atoms with Gasteiger partial charge in [-0.05, 0) is 46.6 Å². The SMILES string of the molecule is CCCOc1ccccc1OCC(=O)c1ccc(Br)s1. The summed E-state index contributed by atoms with van der Waals surface area (Å²) in [5.74, 6) is 1.24. The minimum absolute atomic E-state index is 0.0133. The van der Waals surface area contributed by atoms with Gasteiger partial charge >= 0.3 is 0 Å². The molecule has 0 radical (unpaired) electrons. The minimum atomic E-state index is -0.0361. The van der Waals surface area contributed by atoms with Crippen molar-refractivity contribution in [1.29, 1.82) is 0 Å². The number of benzene rings is 1. The summed E-state index contributed by atoms with van der Waals surface area (Å²) in [7, 11) is 0. The van der Waals surface area contributed by atoms with E-state index in [1.54, 1.807) is 6.07 Å². The Bertz CT molecular complexity index is 580. The molecule has 1 aromatic carbocycles. The van der Waals surface area contributed by atoms with Gasteiger partial charge in [-0.2, -0.15) is 0 Å². The average molecular weight is 355 g/mol. The van der Waals surface area contributed by atoms with Gasteiger partial charge in [0.2, 0.25) is 5.78 Å². The van der Waals surface area contributed by atoms with E-state index in [4.69, 9.17) is 9.47 Å². The topological polar surface area (TPSA) is 35.5 Å². The number of ketones is 1. The summed E-state index contributed by atoms with van der Waals surface area (Å²) >= 11 is 4.75. The molecule has 1 aromatic heterocycles. The Hall–Kier alpha value is -1.33. The molecule has 1 heterocycles. The molecule has 0 unspecified atom stereocenters. The Balaban J connectivity index is 1.98. The van der Waals surface area contributed by atoms with Crippen LogP contribution in [0.4, 0.5) is 0 Å². The maximum absolute atomic E-state index is 12.0. The van der Waals surface area contributed by atoms with Crippen LogP contribution in [-0.2, 0) is 0 Å². The first kappa shape index (κ1) is 15.1. The van der Waals surface area contributed by atoms with Gasteiger partial charge in [0, 0.05) is 0 Å². The van der Waals surface area contributed by atoms with Gasteiger partial charge in [-0.25, -0.2) is 0 Å². The van der Waals surface area contributed by atoms with Crippen molar-refractivity contribution in [3.05, 3.63) is 45.1 Å². The van der Waals surface area contributed by atoms with E-state index in [1.165, 1.54) is 11.3 Å². The molecular formula is C15H15BrO3S. The number of thiophene rings is 1. The number of carbonyl (C=O) groups excluding carboxylic acids is 1. The number of halogens is 1. The Morgan fingerprint density at radius 1 is 1.15 bits per heavy atom. The second-order valence-electron chi connectivity index (χ2n) is 4.11. The van der Waals surface area contributed by atoms with E-state index >= 15 is 0 Å². The smallest absolute Gasteiger partial charge is 0.210 e. The summed E-state index contributed by atoms with van der Waals surface area (Å²) in [5, 5.41) is 0. The lowest BCUT2D eigenvalue weighted by Gasteiger charge is -2.11. The zero-order chi connectivity index (χ0) is 14.4. The molecule has 106 valence electrons. The van der Waals surface area contributed by atoms with Gasteiger partial charge in [-0.15, -0.1) is 11.3 Å². The second-order valence-corrected chi connectivity index (χ2v) is 6.57. The van der Waals surface area contributed by atoms with Gasteiger partial charge in [0.25, 0.3) is 0 Å². The summed E-state index contributed by atoms with van der Waals surface area (Å²) in [6.07, 6.45) is 0.927. The predicted octanol–water partition coefficient (Wildman–Crippen LogP) is 4.56. The highest BCUT2D eigenvalue weighted by atomic mass is 79.9. The lowest BCUT2D eigenvalue weighted by atomic mass is 10.3. The van der Waals surface area contributed by atoms with Crippen LogP contribution >= 0.6 is 27.3 Å². The molecule has 20 heavy (non-hydrogen) atoms. The van der Waals surface area contributed by atoms with Crippen LogP contribution in [0, 0.1) is 0 Å². The van der Waals surface area contributed by atoms with Crippen molar-refractivity contribution in [2.75, 3.05) is 13.2 Å². The molecule has 0 aliphatic rings. The Kier molecular flexibility index (Phi) is 5.61. The third kappa shape index (κ3) is 4.08. The van der Waals surface area contributed by atoms with Crippen LogP contribution in [0.2, 0.25) is 0 Å². The molecule has 0 aliphatic carbocycles. The van der Waals surface area contributed by atoms with Gasteiger partial charge in [-0.1, -0.05) is 19.1 Å². The van der Waals surface area contributed by atoms with Crippen molar-refractivity contribution in [3.8, 4) is 11.5 Å². The molecule has 0 fully saturated rings. The number of hydrogen-bond acceptors (Lipinski definition) is 4. The highest BCUT2D eigenvalue weighted by molar-refractivity contribution is 9.11. The highest BCUT2D eigenvalue weighted by Crippen LogP contribution is 2.27. The van der Waals surface area contributed by atoms with Crippen molar-refractivity contribution in [1.82, 2.24) is 0 Å². The van der Waals surface area contributed by atoms with E-state index in [2.05, 4.69) is 15.9 Å². The molecule has 2 aromatic rings. The third-order valence-electron chi connectivity index (χ3n) is 2.52. The van der Waals surface area contributed by atoms with Crippen LogP contribution in [0.5, 0.6) is 11.5 Å². The Morgan fingerprint density at radius 2 is 1.85 bits per heavy atom. The van der Waals surface area contributed by atoms with Crippen LogP contribution in [0.15, 0.2) is 40.2 Å². The average Bonchev–Trinajstić information content (AvgIpc) is 2.90. The molecule has 0 amide bonds. The maximum Gasteiger partial charge on any atom is 0.210 e. The zero-order valence-corrected chi connectivity index (χ0v) is 13.5. The van der Waals surface area contributed by atoms with E-state index < -0.39 is 0 Å². The van der Waals surface area contributed by atoms with Crippen molar-refractivity contribution in [2.45, 2.75) is 13.3 Å². The molecule has 0 N–H and O–H groups in total. The van der Waals surface area contributed by atoms with E-state index in [9.17, 15) is 4.79 Å². The first-order chi connectivity index (χ1) is 9.70. The fraction of sp³-hybridized carbons (Fsp3) is 0.267. The fourth-order valence-corrected chi connectivity index (χ4v) is 2.89. The molecule has 0 aliphatic heterocycles. The van der Waals surface area contributed by atoms with Crippen molar-refractivity contribution in [3.63, 3.8) is 0 Å². The number of Topliss-reactive ketones (excluding diaryl/α,β-unsaturated/α-hetero) is 1. The Morgan fingerprint density at radius 3 is 2.45 bits per heavy atom. The molecule has 3 nitrogen and oxygen atoms in total. The van der Waals surface area contributed by atoms with E-state index in [1.807, 2.05) is 37.3 Å². The van der Waals surface area contributed by atoms with Gasteiger partial charge in [-0.3, -0.25) is 4.79 Å². The first-order valence-electron chi connectivity index (χ1n) is 6.34. The van der Waals surface area contributed by atoms with Gasteiger partial charge in [0.1, 0.15) is 0 Å². The largest absolute Gasteiger partial charge is 0.490 e. The lowest BCUT2D eigenvalue weighted by molar-refractivity contribution is 0.0923. The standard InChI is InChI=1S/C15H15BrO3S/c1-2-9-18-12-5-3-4-6-13(12)19-10-11(17)14-7-8-15(16)20-14/h3-8H,2,9-10H2,1H3. The normalized spacial score (nSPS) is 10.3. The van der Waals surface area contributed by atoms with Crippen molar-refractivity contribution in [2.24, 2.45) is 0 Å². The summed E-state index contributed by atoms with van der Waals surface area (Å²) in [6, 6.07) is 11.0. The second kappa shape index (κ2) is 7.45. The first-order valence-corrected chi connectivity index (χ1v) is 7.95. The third-order valence-corrected chi connectivity index (χ3v) is 4.18. The highest BCUT2D eigenvalue weighted by Gasteiger charge is 2.11. The van der Waals surface area contributed by atoms with Gasteiger partial charge < -0.3 is 9.47 Å². The summed E-state index contributed by atoms with van der Waals surface area (Å²) in [6.45, 7) is 2.69. The summed E-state index contributed by atoms with van der Waals surface area (Å²) in [4.78, 5) is 12.7. The molecular weight excluding hydrogens is 340 g/mol. The lowest BCUT2D eigenvalue weighted by Crippen LogP contribution is -2.11. The molecule has 0 saturated carbocycles. The zero-order valence-electron chi connectivity index (χ0n) is 11.1. The molecule has 0 atom stereocenters. The van der Waals surface area contributed by atoms with E-state index in [0.717, 1.165) is 10.2 Å². The van der Waals surface area contributed by atoms with Crippen LogP contribution < -0.4 is 9.47 Å². The Labute approximate surface area is 130 Å². The van der Waals surface area contributed by atoms with E-state index in [0.29, 0.717) is 23.0 Å². The van der Waals surface area contributed by atoms with Gasteiger partial charge in [0.05, 0.1) is 15.3 Å². The number of ether oxygens (including phenoxy) is 2. The monoisotopic (exact) mass is 354 g/mol.